The van der Waals surface area contributed by atoms with Crippen LogP contribution in [-0.4, -0.2) is 12.1 Å². The lowest BCUT2D eigenvalue weighted by atomic mass is 10.0. The molecule has 0 aromatic heterocycles. The highest BCUT2D eigenvalue weighted by molar-refractivity contribution is 6.02. The third kappa shape index (κ3) is 1.37. The van der Waals surface area contributed by atoms with E-state index >= 15 is 0 Å². The minimum atomic E-state index is -0.396. The van der Waals surface area contributed by atoms with E-state index in [4.69, 9.17) is 0 Å². The molecule has 2 rings (SSSR count). The summed E-state index contributed by atoms with van der Waals surface area (Å²) in [6.45, 7) is 1.84. The molecule has 1 saturated carbocycles. The zero-order valence-corrected chi connectivity index (χ0v) is 8.07. The zero-order chi connectivity index (χ0) is 10.2. The fourth-order valence-electron chi connectivity index (χ4n) is 1.71. The second-order valence-electron chi connectivity index (χ2n) is 4.11. The van der Waals surface area contributed by atoms with Crippen LogP contribution in [0.15, 0.2) is 30.3 Å². The van der Waals surface area contributed by atoms with Gasteiger partial charge in [-0.15, -0.1) is 0 Å². The van der Waals surface area contributed by atoms with E-state index in [-0.39, 0.29) is 11.7 Å². The van der Waals surface area contributed by atoms with E-state index in [1.54, 1.807) is 12.1 Å². The Morgan fingerprint density at radius 1 is 1.43 bits per heavy atom. The lowest BCUT2D eigenvalue weighted by Crippen LogP contribution is -2.09. The number of hydrogen-bond acceptors (Lipinski definition) is 2. The first kappa shape index (κ1) is 9.13. The van der Waals surface area contributed by atoms with Gasteiger partial charge in [0.1, 0.15) is 6.29 Å². The number of hydrogen-bond donors (Lipinski definition) is 0. The largest absolute Gasteiger partial charge is 0.303 e. The maximum atomic E-state index is 11.8. The SMILES string of the molecule is C[C@]1(C=O)C[C@@H]1C(=O)c1ccccc1. The van der Waals surface area contributed by atoms with Gasteiger partial charge in [0, 0.05) is 16.9 Å². The van der Waals surface area contributed by atoms with Crippen LogP contribution in [0.3, 0.4) is 0 Å². The summed E-state index contributed by atoms with van der Waals surface area (Å²) in [4.78, 5) is 22.5. The van der Waals surface area contributed by atoms with Crippen LogP contribution in [0.2, 0.25) is 0 Å². The molecular formula is C12H12O2. The standard InChI is InChI=1S/C12H12O2/c1-12(8-13)7-10(12)11(14)9-5-3-2-4-6-9/h2-6,8,10H,7H2,1H3/t10-,12-/m1/s1. The van der Waals surface area contributed by atoms with Crippen molar-refractivity contribution in [2.45, 2.75) is 13.3 Å². The molecule has 0 spiro atoms. The lowest BCUT2D eigenvalue weighted by molar-refractivity contribution is -0.112. The summed E-state index contributed by atoms with van der Waals surface area (Å²) in [6.07, 6.45) is 1.60. The molecule has 0 heterocycles. The maximum absolute atomic E-state index is 11.8. The normalized spacial score (nSPS) is 29.6. The number of Topliss-reactive ketones (excluding diaryl/α,β-unsaturated/α-hetero) is 1. The number of aldehydes is 1. The second kappa shape index (κ2) is 3.05. The van der Waals surface area contributed by atoms with Crippen molar-refractivity contribution in [2.75, 3.05) is 0 Å². The minimum absolute atomic E-state index is 0.0950. The first-order chi connectivity index (χ1) is 6.67. The Morgan fingerprint density at radius 3 is 2.57 bits per heavy atom. The van der Waals surface area contributed by atoms with Gasteiger partial charge < -0.3 is 4.79 Å². The Morgan fingerprint density at radius 2 is 2.07 bits per heavy atom. The van der Waals surface area contributed by atoms with Gasteiger partial charge in [0.05, 0.1) is 0 Å². The molecule has 1 aliphatic rings. The van der Waals surface area contributed by atoms with Crippen molar-refractivity contribution in [3.8, 4) is 0 Å². The van der Waals surface area contributed by atoms with Crippen LogP contribution < -0.4 is 0 Å². The first-order valence-corrected chi connectivity index (χ1v) is 4.73. The van der Waals surface area contributed by atoms with Crippen molar-refractivity contribution in [3.05, 3.63) is 35.9 Å². The van der Waals surface area contributed by atoms with Gasteiger partial charge in [-0.1, -0.05) is 37.3 Å². The molecule has 1 fully saturated rings. The van der Waals surface area contributed by atoms with Crippen molar-refractivity contribution in [2.24, 2.45) is 11.3 Å². The van der Waals surface area contributed by atoms with Crippen molar-refractivity contribution in [1.29, 1.82) is 0 Å². The van der Waals surface area contributed by atoms with E-state index in [0.29, 0.717) is 12.0 Å². The molecule has 0 radical (unpaired) electrons. The van der Waals surface area contributed by atoms with Crippen LogP contribution in [0, 0.1) is 11.3 Å². The van der Waals surface area contributed by atoms with Gasteiger partial charge in [-0.2, -0.15) is 0 Å². The van der Waals surface area contributed by atoms with Crippen molar-refractivity contribution >= 4 is 12.1 Å². The Kier molecular flexibility index (Phi) is 1.99. The number of ketones is 1. The molecule has 0 bridgehead atoms. The van der Waals surface area contributed by atoms with E-state index in [0.717, 1.165) is 6.29 Å². The second-order valence-corrected chi connectivity index (χ2v) is 4.11. The van der Waals surface area contributed by atoms with Gasteiger partial charge in [0.2, 0.25) is 0 Å². The van der Waals surface area contributed by atoms with Crippen molar-refractivity contribution < 1.29 is 9.59 Å². The summed E-state index contributed by atoms with van der Waals surface area (Å²) in [5, 5.41) is 0. The zero-order valence-electron chi connectivity index (χ0n) is 8.07. The molecule has 0 N–H and O–H groups in total. The highest BCUT2D eigenvalue weighted by Gasteiger charge is 2.54. The summed E-state index contributed by atoms with van der Waals surface area (Å²) >= 11 is 0. The average molecular weight is 188 g/mol. The molecule has 0 unspecified atom stereocenters. The van der Waals surface area contributed by atoms with Crippen molar-refractivity contribution in [3.63, 3.8) is 0 Å². The minimum Gasteiger partial charge on any atom is -0.303 e. The smallest absolute Gasteiger partial charge is 0.166 e. The van der Waals surface area contributed by atoms with Gasteiger partial charge in [0.25, 0.3) is 0 Å². The van der Waals surface area contributed by atoms with Crippen LogP contribution in [0.4, 0.5) is 0 Å². The van der Waals surface area contributed by atoms with Crippen LogP contribution in [0.5, 0.6) is 0 Å². The predicted molar refractivity (Wildman–Crippen MR) is 53.1 cm³/mol. The summed E-state index contributed by atoms with van der Waals surface area (Å²) < 4.78 is 0. The Balaban J connectivity index is 2.16. The topological polar surface area (TPSA) is 34.1 Å². The third-order valence-corrected chi connectivity index (χ3v) is 2.92. The number of carbonyl (C=O) groups excluding carboxylic acids is 2. The first-order valence-electron chi connectivity index (χ1n) is 4.73. The molecule has 1 aromatic rings. The lowest BCUT2D eigenvalue weighted by Gasteiger charge is -2.01. The average Bonchev–Trinajstić information content (AvgIpc) is 2.92. The number of benzene rings is 1. The van der Waals surface area contributed by atoms with Crippen LogP contribution in [0.25, 0.3) is 0 Å². The predicted octanol–water partition coefficient (Wildman–Crippen LogP) is 2.09. The maximum Gasteiger partial charge on any atom is 0.166 e. The van der Waals surface area contributed by atoms with Gasteiger partial charge in [-0.25, -0.2) is 0 Å². The number of carbonyl (C=O) groups is 2. The van der Waals surface area contributed by atoms with E-state index < -0.39 is 5.41 Å². The molecule has 72 valence electrons. The molecule has 1 aromatic carbocycles. The third-order valence-electron chi connectivity index (χ3n) is 2.92. The van der Waals surface area contributed by atoms with Crippen LogP contribution in [0.1, 0.15) is 23.7 Å². The summed E-state index contributed by atoms with van der Waals surface area (Å²) in [5.74, 6) is 0.00241. The Hall–Kier alpha value is -1.44. The van der Waals surface area contributed by atoms with Crippen molar-refractivity contribution in [1.82, 2.24) is 0 Å². The molecule has 1 aliphatic carbocycles. The molecule has 0 amide bonds. The van der Waals surface area contributed by atoms with E-state index in [9.17, 15) is 9.59 Å². The monoisotopic (exact) mass is 188 g/mol. The summed E-state index contributed by atoms with van der Waals surface area (Å²) in [7, 11) is 0. The molecule has 2 atom stereocenters. The highest BCUT2D eigenvalue weighted by atomic mass is 16.1. The molecule has 0 aliphatic heterocycles. The van der Waals surface area contributed by atoms with Gasteiger partial charge in [0.15, 0.2) is 5.78 Å². The van der Waals surface area contributed by atoms with E-state index in [2.05, 4.69) is 0 Å². The summed E-state index contributed by atoms with van der Waals surface area (Å²) in [5.41, 5.74) is 0.315. The fraction of sp³-hybridized carbons (Fsp3) is 0.333. The molecule has 14 heavy (non-hydrogen) atoms. The molecule has 0 saturated heterocycles. The summed E-state index contributed by atoms with van der Waals surface area (Å²) in [6, 6.07) is 9.15. The van der Waals surface area contributed by atoms with Crippen LogP contribution in [-0.2, 0) is 4.79 Å². The number of rotatable bonds is 3. The molecule has 2 nitrogen and oxygen atoms in total. The quantitative estimate of drug-likeness (QED) is 0.537. The van der Waals surface area contributed by atoms with E-state index in [1.165, 1.54) is 0 Å². The van der Waals surface area contributed by atoms with Gasteiger partial charge in [-0.05, 0) is 6.42 Å². The molecule has 2 heteroatoms. The fourth-order valence-corrected chi connectivity index (χ4v) is 1.71. The van der Waals surface area contributed by atoms with E-state index in [1.807, 2.05) is 25.1 Å². The molecular weight excluding hydrogens is 176 g/mol. The van der Waals surface area contributed by atoms with Gasteiger partial charge >= 0.3 is 0 Å². The van der Waals surface area contributed by atoms with Crippen LogP contribution >= 0.6 is 0 Å². The Bertz CT molecular complexity index is 369. The Labute approximate surface area is 82.9 Å². The highest BCUT2D eigenvalue weighted by Crippen LogP contribution is 2.51. The van der Waals surface area contributed by atoms with Gasteiger partial charge in [-0.3, -0.25) is 4.79 Å².